The highest BCUT2D eigenvalue weighted by atomic mass is 16.5. The number of benzene rings is 1. The molecule has 134 valence electrons. The molecule has 7 heteroatoms. The fourth-order valence-corrected chi connectivity index (χ4v) is 2.53. The van der Waals surface area contributed by atoms with Crippen LogP contribution in [-0.4, -0.2) is 71.0 Å². The zero-order chi connectivity index (χ0) is 17.2. The van der Waals surface area contributed by atoms with E-state index in [1.54, 1.807) is 14.2 Å². The van der Waals surface area contributed by atoms with Crippen molar-refractivity contribution in [3.05, 3.63) is 18.2 Å². The second kappa shape index (κ2) is 10.00. The van der Waals surface area contributed by atoms with Crippen LogP contribution < -0.4 is 20.1 Å². The Morgan fingerprint density at radius 1 is 1.17 bits per heavy atom. The molecular weight excluding hydrogens is 310 g/mol. The van der Waals surface area contributed by atoms with Gasteiger partial charge in [-0.05, 0) is 12.1 Å². The SMILES string of the molecule is COc1ccc(NCCC(=O)NCCN2CCOCC2)cc1OC. The predicted octanol–water partition coefficient (Wildman–Crippen LogP) is 0.954. The Labute approximate surface area is 143 Å². The summed E-state index contributed by atoms with van der Waals surface area (Å²) >= 11 is 0. The predicted molar refractivity (Wildman–Crippen MR) is 92.9 cm³/mol. The van der Waals surface area contributed by atoms with Gasteiger partial charge in [0.1, 0.15) is 0 Å². The fourth-order valence-electron chi connectivity index (χ4n) is 2.53. The maximum atomic E-state index is 11.9. The average molecular weight is 337 g/mol. The summed E-state index contributed by atoms with van der Waals surface area (Å²) in [6.45, 7) is 5.56. The van der Waals surface area contributed by atoms with E-state index >= 15 is 0 Å². The Morgan fingerprint density at radius 2 is 1.92 bits per heavy atom. The molecule has 24 heavy (non-hydrogen) atoms. The van der Waals surface area contributed by atoms with Crippen molar-refractivity contribution in [1.82, 2.24) is 10.2 Å². The third kappa shape index (κ3) is 5.90. The van der Waals surface area contributed by atoms with Gasteiger partial charge in [0.15, 0.2) is 11.5 Å². The molecule has 1 aromatic rings. The van der Waals surface area contributed by atoms with Crippen molar-refractivity contribution in [2.45, 2.75) is 6.42 Å². The number of carbonyl (C=O) groups excluding carboxylic acids is 1. The third-order valence-corrected chi connectivity index (χ3v) is 3.92. The normalized spacial score (nSPS) is 14.9. The second-order valence-electron chi connectivity index (χ2n) is 5.55. The van der Waals surface area contributed by atoms with Gasteiger partial charge < -0.3 is 24.8 Å². The number of rotatable bonds is 9. The van der Waals surface area contributed by atoms with Gasteiger partial charge in [-0.2, -0.15) is 0 Å². The van der Waals surface area contributed by atoms with Crippen LogP contribution in [0.5, 0.6) is 11.5 Å². The molecule has 0 bridgehead atoms. The van der Waals surface area contributed by atoms with Crippen molar-refractivity contribution >= 4 is 11.6 Å². The van der Waals surface area contributed by atoms with E-state index in [-0.39, 0.29) is 5.91 Å². The number of morpholine rings is 1. The maximum Gasteiger partial charge on any atom is 0.221 e. The Hall–Kier alpha value is -1.99. The molecule has 0 aromatic heterocycles. The number of anilines is 1. The molecule has 1 aliphatic rings. The fraction of sp³-hybridized carbons (Fsp3) is 0.588. The van der Waals surface area contributed by atoms with Crippen molar-refractivity contribution in [3.8, 4) is 11.5 Å². The zero-order valence-electron chi connectivity index (χ0n) is 14.5. The summed E-state index contributed by atoms with van der Waals surface area (Å²) in [4.78, 5) is 14.2. The molecule has 1 aromatic carbocycles. The molecule has 0 atom stereocenters. The first-order valence-corrected chi connectivity index (χ1v) is 8.25. The molecule has 0 radical (unpaired) electrons. The molecule has 2 rings (SSSR count). The van der Waals surface area contributed by atoms with Gasteiger partial charge in [0.2, 0.25) is 5.91 Å². The van der Waals surface area contributed by atoms with Gasteiger partial charge >= 0.3 is 0 Å². The number of hydrogen-bond donors (Lipinski definition) is 2. The lowest BCUT2D eigenvalue weighted by Crippen LogP contribution is -2.41. The van der Waals surface area contributed by atoms with Crippen LogP contribution in [0.4, 0.5) is 5.69 Å². The Bertz CT molecular complexity index is 519. The first-order valence-electron chi connectivity index (χ1n) is 8.25. The zero-order valence-corrected chi connectivity index (χ0v) is 14.5. The van der Waals surface area contributed by atoms with Crippen LogP contribution in [0.15, 0.2) is 18.2 Å². The monoisotopic (exact) mass is 337 g/mol. The van der Waals surface area contributed by atoms with Crippen molar-refractivity contribution in [2.24, 2.45) is 0 Å². The summed E-state index contributed by atoms with van der Waals surface area (Å²) in [7, 11) is 3.20. The minimum Gasteiger partial charge on any atom is -0.493 e. The summed E-state index contributed by atoms with van der Waals surface area (Å²) in [5.74, 6) is 1.40. The molecule has 0 aliphatic carbocycles. The molecule has 0 unspecified atom stereocenters. The van der Waals surface area contributed by atoms with Crippen LogP contribution in [0.2, 0.25) is 0 Å². The Balaban J connectivity index is 1.63. The van der Waals surface area contributed by atoms with Crippen molar-refractivity contribution in [3.63, 3.8) is 0 Å². The number of hydrogen-bond acceptors (Lipinski definition) is 6. The van der Waals surface area contributed by atoms with E-state index < -0.39 is 0 Å². The molecule has 1 heterocycles. The smallest absolute Gasteiger partial charge is 0.221 e. The minimum absolute atomic E-state index is 0.0521. The number of methoxy groups -OCH3 is 2. The van der Waals surface area contributed by atoms with Gasteiger partial charge in [-0.25, -0.2) is 0 Å². The van der Waals surface area contributed by atoms with Crippen LogP contribution in [0.3, 0.4) is 0 Å². The molecule has 1 amide bonds. The van der Waals surface area contributed by atoms with E-state index in [0.29, 0.717) is 31.0 Å². The molecule has 7 nitrogen and oxygen atoms in total. The van der Waals surface area contributed by atoms with Gasteiger partial charge in [-0.15, -0.1) is 0 Å². The molecule has 1 fully saturated rings. The molecule has 2 N–H and O–H groups in total. The van der Waals surface area contributed by atoms with Crippen LogP contribution in [0, 0.1) is 0 Å². The lowest BCUT2D eigenvalue weighted by atomic mass is 10.2. The van der Waals surface area contributed by atoms with E-state index in [9.17, 15) is 4.79 Å². The number of nitrogens with one attached hydrogen (secondary N) is 2. The lowest BCUT2D eigenvalue weighted by Gasteiger charge is -2.26. The largest absolute Gasteiger partial charge is 0.493 e. The number of ether oxygens (including phenoxy) is 3. The van der Waals surface area contributed by atoms with E-state index in [1.807, 2.05) is 18.2 Å². The van der Waals surface area contributed by atoms with Crippen LogP contribution in [-0.2, 0) is 9.53 Å². The Kier molecular flexibility index (Phi) is 7.64. The van der Waals surface area contributed by atoms with Crippen molar-refractivity contribution in [1.29, 1.82) is 0 Å². The first kappa shape index (κ1) is 18.4. The van der Waals surface area contributed by atoms with Crippen molar-refractivity contribution < 1.29 is 19.0 Å². The van der Waals surface area contributed by atoms with E-state index in [2.05, 4.69) is 15.5 Å². The molecule has 0 spiro atoms. The highest BCUT2D eigenvalue weighted by Gasteiger charge is 2.10. The van der Waals surface area contributed by atoms with Crippen LogP contribution in [0.1, 0.15) is 6.42 Å². The maximum absolute atomic E-state index is 11.9. The van der Waals surface area contributed by atoms with Crippen LogP contribution in [0.25, 0.3) is 0 Å². The van der Waals surface area contributed by atoms with Gasteiger partial charge in [-0.1, -0.05) is 0 Å². The van der Waals surface area contributed by atoms with E-state index in [4.69, 9.17) is 14.2 Å². The van der Waals surface area contributed by atoms with Gasteiger partial charge in [0, 0.05) is 50.9 Å². The van der Waals surface area contributed by atoms with Crippen molar-refractivity contribution in [2.75, 3.05) is 65.5 Å². The second-order valence-corrected chi connectivity index (χ2v) is 5.55. The summed E-state index contributed by atoms with van der Waals surface area (Å²) in [6.07, 6.45) is 0.428. The standard InChI is InChI=1S/C17H27N3O4/c1-22-15-4-3-14(13-16(15)23-2)18-6-5-17(21)19-7-8-20-9-11-24-12-10-20/h3-4,13,18H,5-12H2,1-2H3,(H,19,21). The van der Waals surface area contributed by atoms with Gasteiger partial charge in [0.25, 0.3) is 0 Å². The number of carbonyl (C=O) groups is 1. The highest BCUT2D eigenvalue weighted by Crippen LogP contribution is 2.29. The molecule has 0 saturated carbocycles. The summed E-state index contributed by atoms with van der Waals surface area (Å²) < 4.78 is 15.8. The first-order chi connectivity index (χ1) is 11.7. The quantitative estimate of drug-likeness (QED) is 0.699. The van der Waals surface area contributed by atoms with Gasteiger partial charge in [0.05, 0.1) is 27.4 Å². The topological polar surface area (TPSA) is 72.1 Å². The van der Waals surface area contributed by atoms with Crippen LogP contribution >= 0.6 is 0 Å². The lowest BCUT2D eigenvalue weighted by molar-refractivity contribution is -0.120. The highest BCUT2D eigenvalue weighted by molar-refractivity contribution is 5.76. The van der Waals surface area contributed by atoms with Gasteiger partial charge in [-0.3, -0.25) is 9.69 Å². The number of nitrogens with zero attached hydrogens (tertiary/aromatic N) is 1. The average Bonchev–Trinajstić information content (AvgIpc) is 2.62. The number of amides is 1. The molecule has 1 saturated heterocycles. The summed E-state index contributed by atoms with van der Waals surface area (Å²) in [5, 5.41) is 6.17. The minimum atomic E-state index is 0.0521. The van der Waals surface area contributed by atoms with E-state index in [0.717, 1.165) is 38.5 Å². The third-order valence-electron chi connectivity index (χ3n) is 3.92. The summed E-state index contributed by atoms with van der Waals surface area (Å²) in [5.41, 5.74) is 0.897. The molecule has 1 aliphatic heterocycles. The van der Waals surface area contributed by atoms with E-state index in [1.165, 1.54) is 0 Å². The molecular formula is C17H27N3O4. The Morgan fingerprint density at radius 3 is 2.62 bits per heavy atom. The summed E-state index contributed by atoms with van der Waals surface area (Å²) in [6, 6.07) is 5.59.